The minimum atomic E-state index is -2.24. The number of methoxy groups -OCH3 is 1. The molecule has 3 rings (SSSR count). The predicted molar refractivity (Wildman–Crippen MR) is 67.7 cm³/mol. The molecule has 0 aromatic heterocycles. The Balaban J connectivity index is 1.81. The van der Waals surface area contributed by atoms with Crippen molar-refractivity contribution in [1.29, 1.82) is 0 Å². The molecule has 6 nitrogen and oxygen atoms in total. The van der Waals surface area contributed by atoms with Gasteiger partial charge in [0.1, 0.15) is 24.4 Å². The quantitative estimate of drug-likeness (QED) is 0.807. The molecule has 2 aliphatic heterocycles. The lowest BCUT2D eigenvalue weighted by Crippen LogP contribution is -2.62. The van der Waals surface area contributed by atoms with E-state index in [1.165, 1.54) is 7.11 Å². The molecule has 0 amide bonds. The second-order valence-electron chi connectivity index (χ2n) is 4.78. The third kappa shape index (κ3) is 2.46. The highest BCUT2D eigenvalue weighted by Gasteiger charge is 2.48. The zero-order chi connectivity index (χ0) is 15.0. The summed E-state index contributed by atoms with van der Waals surface area (Å²) in [6, 6.07) is 9.20. The van der Waals surface area contributed by atoms with Crippen LogP contribution in [0.3, 0.4) is 0 Å². The first-order chi connectivity index (χ1) is 10.0. The van der Waals surface area contributed by atoms with E-state index in [9.17, 15) is 10.2 Å². The summed E-state index contributed by atoms with van der Waals surface area (Å²) in [6.07, 6.45) is -7.27. The Kier molecular flexibility index (Phi) is 3.66. The van der Waals surface area contributed by atoms with E-state index in [0.29, 0.717) is 0 Å². The summed E-state index contributed by atoms with van der Waals surface area (Å²) >= 11 is 0. The topological polar surface area (TPSA) is 77.4 Å². The van der Waals surface area contributed by atoms with Gasteiger partial charge in [-0.05, 0) is 0 Å². The summed E-state index contributed by atoms with van der Waals surface area (Å²) in [5.74, 6) is 0. The van der Waals surface area contributed by atoms with Crippen molar-refractivity contribution in [2.75, 3.05) is 13.7 Å². The average Bonchev–Trinajstić information content (AvgIpc) is 2.52. The first-order valence-corrected chi connectivity index (χ1v) is 6.44. The molecule has 0 aliphatic carbocycles. The van der Waals surface area contributed by atoms with Crippen LogP contribution in [0.15, 0.2) is 30.3 Å². The number of rotatable bonds is 2. The fourth-order valence-corrected chi connectivity index (χ4v) is 2.42. The molecule has 6 heteroatoms. The normalized spacial score (nSPS) is 45.5. The van der Waals surface area contributed by atoms with E-state index in [1.54, 1.807) is 0 Å². The summed E-state index contributed by atoms with van der Waals surface area (Å²) in [5.41, 5.74) is 0.773. The Morgan fingerprint density at radius 3 is 2.70 bits per heavy atom. The molecule has 0 saturated carbocycles. The van der Waals surface area contributed by atoms with Gasteiger partial charge in [0.05, 0.1) is 7.98 Å². The van der Waals surface area contributed by atoms with Crippen LogP contribution in [0.5, 0.6) is 0 Å². The van der Waals surface area contributed by atoms with E-state index >= 15 is 0 Å². The number of benzene rings is 1. The molecule has 1 aromatic carbocycles. The summed E-state index contributed by atoms with van der Waals surface area (Å²) < 4.78 is 29.6. The van der Waals surface area contributed by atoms with Crippen molar-refractivity contribution in [2.45, 2.75) is 37.0 Å². The van der Waals surface area contributed by atoms with Crippen LogP contribution >= 0.6 is 0 Å². The zero-order valence-corrected chi connectivity index (χ0v) is 11.0. The summed E-state index contributed by atoms with van der Waals surface area (Å²) in [7, 11) is 1.33. The molecule has 1 aromatic rings. The standard InChI is InChI=1S/C14H18O6/c1-17-14-11(16)10(15)12-9(19-14)7-18-13(20-12)8-5-3-2-4-6-8/h2-6,9-16H,7H2,1H3/t9-,10+,11-,12-,13-,14-/m1/s1/i10D. The molecule has 20 heavy (non-hydrogen) atoms. The van der Waals surface area contributed by atoms with Gasteiger partial charge in [-0.2, -0.15) is 0 Å². The van der Waals surface area contributed by atoms with E-state index in [-0.39, 0.29) is 6.61 Å². The Morgan fingerprint density at radius 2 is 2.00 bits per heavy atom. The predicted octanol–water partition coefficient (Wildman–Crippen LogP) is 0.194. The van der Waals surface area contributed by atoms with Crippen molar-refractivity contribution in [2.24, 2.45) is 0 Å². The van der Waals surface area contributed by atoms with E-state index in [0.717, 1.165) is 5.56 Å². The molecule has 0 radical (unpaired) electrons. The monoisotopic (exact) mass is 283 g/mol. The Morgan fingerprint density at radius 1 is 1.25 bits per heavy atom. The number of ether oxygens (including phenoxy) is 4. The molecule has 2 fully saturated rings. The highest BCUT2D eigenvalue weighted by molar-refractivity contribution is 5.16. The van der Waals surface area contributed by atoms with Gasteiger partial charge in [-0.15, -0.1) is 0 Å². The number of fused-ring (bicyclic) bond motifs is 1. The van der Waals surface area contributed by atoms with E-state index in [2.05, 4.69) is 0 Å². The van der Waals surface area contributed by atoms with Gasteiger partial charge in [0.25, 0.3) is 0 Å². The van der Waals surface area contributed by atoms with Gasteiger partial charge in [-0.25, -0.2) is 0 Å². The lowest BCUT2D eigenvalue weighted by Gasteiger charge is -2.45. The molecular weight excluding hydrogens is 264 g/mol. The fraction of sp³-hybridized carbons (Fsp3) is 0.571. The molecule has 0 unspecified atom stereocenters. The van der Waals surface area contributed by atoms with Crippen molar-refractivity contribution in [3.05, 3.63) is 35.9 Å². The van der Waals surface area contributed by atoms with Crippen LogP contribution in [0.25, 0.3) is 0 Å². The molecule has 2 heterocycles. The molecule has 0 spiro atoms. The van der Waals surface area contributed by atoms with E-state index in [4.69, 9.17) is 20.3 Å². The van der Waals surface area contributed by atoms with Crippen LogP contribution in [-0.4, -0.2) is 54.6 Å². The Bertz CT molecular complexity index is 482. The van der Waals surface area contributed by atoms with E-state index < -0.39 is 37.0 Å². The van der Waals surface area contributed by atoms with Crippen LogP contribution in [0, 0.1) is 0 Å². The van der Waals surface area contributed by atoms with Gasteiger partial charge in [-0.3, -0.25) is 0 Å². The average molecular weight is 283 g/mol. The van der Waals surface area contributed by atoms with Crippen LogP contribution in [0.4, 0.5) is 0 Å². The van der Waals surface area contributed by atoms with Gasteiger partial charge in [0.2, 0.25) is 0 Å². The van der Waals surface area contributed by atoms with Crippen LogP contribution in [0.2, 0.25) is 0 Å². The van der Waals surface area contributed by atoms with Crippen LogP contribution < -0.4 is 0 Å². The van der Waals surface area contributed by atoms with Crippen molar-refractivity contribution < 1.29 is 30.5 Å². The van der Waals surface area contributed by atoms with Crippen molar-refractivity contribution in [3.63, 3.8) is 0 Å². The second-order valence-corrected chi connectivity index (χ2v) is 4.78. The lowest BCUT2D eigenvalue weighted by atomic mass is 9.98. The fourth-order valence-electron chi connectivity index (χ4n) is 2.42. The Hall–Kier alpha value is -1.02. The van der Waals surface area contributed by atoms with E-state index in [1.807, 2.05) is 30.3 Å². The smallest absolute Gasteiger partial charge is 0.186 e. The number of hydrogen-bond acceptors (Lipinski definition) is 6. The van der Waals surface area contributed by atoms with Gasteiger partial charge in [-0.1, -0.05) is 30.3 Å². The zero-order valence-electron chi connectivity index (χ0n) is 12.0. The third-order valence-corrected chi connectivity index (χ3v) is 3.49. The van der Waals surface area contributed by atoms with Crippen LogP contribution in [-0.2, 0) is 18.9 Å². The maximum Gasteiger partial charge on any atom is 0.186 e. The summed E-state index contributed by atoms with van der Waals surface area (Å²) in [4.78, 5) is 0. The number of aliphatic hydroxyl groups is 2. The third-order valence-electron chi connectivity index (χ3n) is 3.49. The first-order valence-electron chi connectivity index (χ1n) is 6.94. The lowest BCUT2D eigenvalue weighted by molar-refractivity contribution is -0.358. The maximum atomic E-state index is 10.3. The minimum Gasteiger partial charge on any atom is -0.387 e. The molecule has 0 bridgehead atoms. The van der Waals surface area contributed by atoms with Gasteiger partial charge in [0, 0.05) is 12.7 Å². The number of aliphatic hydroxyl groups excluding tert-OH is 1. The Labute approximate surface area is 118 Å². The summed E-state index contributed by atoms with van der Waals surface area (Å²) in [5, 5.41) is 20.3. The molecule has 110 valence electrons. The van der Waals surface area contributed by atoms with Crippen molar-refractivity contribution in [1.82, 2.24) is 0 Å². The molecule has 2 aliphatic rings. The molecule has 2 saturated heterocycles. The van der Waals surface area contributed by atoms with Gasteiger partial charge in [0.15, 0.2) is 12.6 Å². The number of hydrogen-bond donors (Lipinski definition) is 2. The molecule has 6 atom stereocenters. The van der Waals surface area contributed by atoms with Crippen LogP contribution in [0.1, 0.15) is 13.2 Å². The molecule has 2 N–H and O–H groups in total. The van der Waals surface area contributed by atoms with Gasteiger partial charge < -0.3 is 29.2 Å². The largest absolute Gasteiger partial charge is 0.387 e. The highest BCUT2D eigenvalue weighted by Crippen LogP contribution is 2.33. The van der Waals surface area contributed by atoms with Crippen molar-refractivity contribution >= 4 is 0 Å². The molecular formula is C14H18O6. The first kappa shape index (κ1) is 12.7. The highest BCUT2D eigenvalue weighted by atomic mass is 16.7. The second kappa shape index (κ2) is 5.77. The summed E-state index contributed by atoms with van der Waals surface area (Å²) in [6.45, 7) is 0.137. The maximum absolute atomic E-state index is 10.3. The SMILES string of the molecule is [2H][C@@]1(O)[C@@H]2O[C@H](c3ccccc3)OC[C@H]2O[C@@H](OC)[C@@H]1O. The van der Waals surface area contributed by atoms with Gasteiger partial charge >= 0.3 is 0 Å². The minimum absolute atomic E-state index is 0.137. The van der Waals surface area contributed by atoms with Crippen molar-refractivity contribution in [3.8, 4) is 0 Å².